The van der Waals surface area contributed by atoms with Crippen molar-refractivity contribution in [3.63, 3.8) is 0 Å². The van der Waals surface area contributed by atoms with Gasteiger partial charge in [0.05, 0.1) is 13.0 Å². The van der Waals surface area contributed by atoms with E-state index in [2.05, 4.69) is 17.1 Å². The summed E-state index contributed by atoms with van der Waals surface area (Å²) in [6, 6.07) is 15.0. The highest BCUT2D eigenvalue weighted by Gasteiger charge is 2.39. The van der Waals surface area contributed by atoms with Gasteiger partial charge in [-0.3, -0.25) is 4.79 Å². The normalized spacial score (nSPS) is 19.1. The van der Waals surface area contributed by atoms with Gasteiger partial charge in [0.1, 0.15) is 17.7 Å². The molecule has 0 spiro atoms. The number of ether oxygens (including phenoxy) is 2. The number of rotatable bonds is 7. The lowest BCUT2D eigenvalue weighted by Crippen LogP contribution is -2.20. The zero-order chi connectivity index (χ0) is 24.5. The maximum absolute atomic E-state index is 15.3. The van der Waals surface area contributed by atoms with Gasteiger partial charge in [0, 0.05) is 17.8 Å². The summed E-state index contributed by atoms with van der Waals surface area (Å²) in [6.45, 7) is 1.79. The number of pyridine rings is 1. The zero-order valence-corrected chi connectivity index (χ0v) is 20.0. The first kappa shape index (κ1) is 23.3. The van der Waals surface area contributed by atoms with Gasteiger partial charge in [0.15, 0.2) is 0 Å². The van der Waals surface area contributed by atoms with E-state index in [4.69, 9.17) is 9.47 Å². The van der Waals surface area contributed by atoms with Crippen molar-refractivity contribution in [1.82, 2.24) is 4.98 Å². The third-order valence-electron chi connectivity index (χ3n) is 7.34. The van der Waals surface area contributed by atoms with Crippen LogP contribution in [0.3, 0.4) is 0 Å². The van der Waals surface area contributed by atoms with Crippen molar-refractivity contribution in [3.05, 3.63) is 77.2 Å². The van der Waals surface area contributed by atoms with Gasteiger partial charge in [-0.05, 0) is 84.4 Å². The van der Waals surface area contributed by atoms with E-state index in [0.717, 1.165) is 53.7 Å². The van der Waals surface area contributed by atoms with Gasteiger partial charge in [0.25, 0.3) is 0 Å². The third-order valence-corrected chi connectivity index (χ3v) is 7.34. The number of aryl methyl sites for hydroxylation is 1. The topological polar surface area (TPSA) is 68.7 Å². The Kier molecular flexibility index (Phi) is 6.46. The van der Waals surface area contributed by atoms with Gasteiger partial charge in [0.2, 0.25) is 5.88 Å². The summed E-state index contributed by atoms with van der Waals surface area (Å²) in [6.07, 6.45) is 5.81. The van der Waals surface area contributed by atoms with Crippen LogP contribution in [-0.2, 0) is 11.2 Å². The average molecular weight is 476 g/mol. The van der Waals surface area contributed by atoms with E-state index in [-0.39, 0.29) is 11.7 Å². The van der Waals surface area contributed by atoms with E-state index < -0.39 is 18.0 Å². The van der Waals surface area contributed by atoms with Crippen molar-refractivity contribution >= 4 is 5.97 Å². The lowest BCUT2D eigenvalue weighted by molar-refractivity contribution is -0.142. The summed E-state index contributed by atoms with van der Waals surface area (Å²) in [5.74, 6) is 0.0552. The van der Waals surface area contributed by atoms with Crippen LogP contribution in [0.4, 0.5) is 4.39 Å². The van der Waals surface area contributed by atoms with Crippen molar-refractivity contribution in [1.29, 1.82) is 0 Å². The lowest BCUT2D eigenvalue weighted by atomic mass is 9.82. The van der Waals surface area contributed by atoms with E-state index in [9.17, 15) is 9.90 Å². The molecular formula is C29H30FNO4. The fraction of sp³-hybridized carbons (Fsp3) is 0.379. The van der Waals surface area contributed by atoms with Gasteiger partial charge in [-0.25, -0.2) is 9.37 Å². The number of methoxy groups -OCH3 is 1. The molecule has 3 atom stereocenters. The number of nitrogens with zero attached hydrogens (tertiary/aromatic N) is 1. The fourth-order valence-corrected chi connectivity index (χ4v) is 5.25. The standard InChI is InChI=1S/C29H30FNO4/c1-17(29(32)33)28(19-7-8-19)22-9-6-18-4-3-5-25(35-26(18)15-22)23-11-10-20(14-24(23)30)21-12-13-31-27(16-21)34-2/h6,9-17,19,25,28H,3-5,7-8H2,1-2H3,(H,32,33)/t17-,25?,28?/m0/s1. The summed E-state index contributed by atoms with van der Waals surface area (Å²) < 4.78 is 26.9. The van der Waals surface area contributed by atoms with Crippen LogP contribution in [0.5, 0.6) is 11.6 Å². The van der Waals surface area contributed by atoms with E-state index in [1.54, 1.807) is 32.4 Å². The quantitative estimate of drug-likeness (QED) is 0.419. The molecule has 0 amide bonds. The molecule has 0 radical (unpaired) electrons. The molecule has 2 heterocycles. The van der Waals surface area contributed by atoms with Crippen molar-refractivity contribution in [2.45, 2.75) is 51.0 Å². The second-order valence-electron chi connectivity index (χ2n) is 9.68. The maximum Gasteiger partial charge on any atom is 0.306 e. The molecule has 1 fully saturated rings. The number of hydrogen-bond acceptors (Lipinski definition) is 4. The van der Waals surface area contributed by atoms with Crippen LogP contribution in [0.25, 0.3) is 11.1 Å². The van der Waals surface area contributed by atoms with Crippen LogP contribution in [0.1, 0.15) is 61.3 Å². The van der Waals surface area contributed by atoms with E-state index in [1.165, 1.54) is 6.07 Å². The number of aromatic nitrogens is 1. The molecule has 5 nitrogen and oxygen atoms in total. The summed E-state index contributed by atoms with van der Waals surface area (Å²) in [4.78, 5) is 15.9. The minimum Gasteiger partial charge on any atom is -0.485 e. The number of halogens is 1. The van der Waals surface area contributed by atoms with E-state index in [1.807, 2.05) is 18.2 Å². The number of fused-ring (bicyclic) bond motifs is 1. The monoisotopic (exact) mass is 475 g/mol. The molecule has 1 aliphatic carbocycles. The van der Waals surface area contributed by atoms with Crippen molar-refractivity contribution < 1.29 is 23.8 Å². The van der Waals surface area contributed by atoms with Gasteiger partial charge in [-0.15, -0.1) is 0 Å². The first-order valence-electron chi connectivity index (χ1n) is 12.3. The van der Waals surface area contributed by atoms with E-state index in [0.29, 0.717) is 23.8 Å². The van der Waals surface area contributed by atoms with Crippen LogP contribution in [0.2, 0.25) is 0 Å². The minimum absolute atomic E-state index is 0.0310. The van der Waals surface area contributed by atoms with Crippen molar-refractivity contribution in [2.75, 3.05) is 7.11 Å². The molecule has 182 valence electrons. The van der Waals surface area contributed by atoms with Crippen LogP contribution >= 0.6 is 0 Å². The SMILES string of the molecule is COc1cc(-c2ccc(C3CCCc4ccc(C(C5CC5)[C@H](C)C(=O)O)cc4O3)c(F)c2)ccn1. The molecule has 35 heavy (non-hydrogen) atoms. The number of carbonyl (C=O) groups is 1. The molecule has 1 N–H and O–H groups in total. The fourth-order valence-electron chi connectivity index (χ4n) is 5.25. The summed E-state index contributed by atoms with van der Waals surface area (Å²) in [5, 5.41) is 9.65. The Balaban J connectivity index is 1.42. The Morgan fingerprint density at radius 3 is 2.63 bits per heavy atom. The summed E-state index contributed by atoms with van der Waals surface area (Å²) in [5.41, 5.74) is 4.21. The highest BCUT2D eigenvalue weighted by molar-refractivity contribution is 5.71. The van der Waals surface area contributed by atoms with Crippen LogP contribution < -0.4 is 9.47 Å². The Bertz CT molecular complexity index is 1240. The van der Waals surface area contributed by atoms with Gasteiger partial charge in [-0.1, -0.05) is 31.2 Å². The second kappa shape index (κ2) is 9.68. The number of aliphatic carboxylic acids is 1. The predicted molar refractivity (Wildman–Crippen MR) is 131 cm³/mol. The Labute approximate surface area is 204 Å². The highest BCUT2D eigenvalue weighted by Crippen LogP contribution is 2.48. The summed E-state index contributed by atoms with van der Waals surface area (Å²) in [7, 11) is 1.55. The molecule has 5 rings (SSSR count). The van der Waals surface area contributed by atoms with Crippen LogP contribution in [-0.4, -0.2) is 23.2 Å². The Morgan fingerprint density at radius 1 is 1.11 bits per heavy atom. The smallest absolute Gasteiger partial charge is 0.306 e. The largest absolute Gasteiger partial charge is 0.485 e. The predicted octanol–water partition coefficient (Wildman–Crippen LogP) is 6.57. The van der Waals surface area contributed by atoms with E-state index >= 15 is 4.39 Å². The molecule has 0 bridgehead atoms. The zero-order valence-electron chi connectivity index (χ0n) is 20.0. The molecule has 1 aromatic heterocycles. The Morgan fingerprint density at radius 2 is 1.91 bits per heavy atom. The number of carboxylic acids is 1. The molecule has 3 aromatic rings. The Hall–Kier alpha value is -3.41. The first-order valence-corrected chi connectivity index (χ1v) is 12.3. The highest BCUT2D eigenvalue weighted by atomic mass is 19.1. The molecule has 2 unspecified atom stereocenters. The first-order chi connectivity index (χ1) is 16.9. The molecule has 0 saturated heterocycles. The number of hydrogen-bond donors (Lipinski definition) is 1. The maximum atomic E-state index is 15.3. The average Bonchev–Trinajstić information content (AvgIpc) is 3.71. The lowest BCUT2D eigenvalue weighted by Gasteiger charge is -2.24. The van der Waals surface area contributed by atoms with Gasteiger partial charge < -0.3 is 14.6 Å². The summed E-state index contributed by atoms with van der Waals surface area (Å²) >= 11 is 0. The second-order valence-corrected chi connectivity index (χ2v) is 9.68. The minimum atomic E-state index is -0.774. The molecule has 6 heteroatoms. The number of benzene rings is 2. The number of carboxylic acid groups (broad SMARTS) is 1. The van der Waals surface area contributed by atoms with Crippen LogP contribution in [0, 0.1) is 17.7 Å². The van der Waals surface area contributed by atoms with Crippen molar-refractivity contribution in [3.8, 4) is 22.8 Å². The van der Waals surface area contributed by atoms with Gasteiger partial charge in [-0.2, -0.15) is 0 Å². The molecule has 2 aromatic carbocycles. The molecule has 1 aliphatic heterocycles. The van der Waals surface area contributed by atoms with Crippen LogP contribution in [0.15, 0.2) is 54.7 Å². The van der Waals surface area contributed by atoms with Gasteiger partial charge >= 0.3 is 5.97 Å². The van der Waals surface area contributed by atoms with Crippen molar-refractivity contribution in [2.24, 2.45) is 11.8 Å². The molecule has 1 saturated carbocycles. The third kappa shape index (κ3) is 4.88. The molecule has 2 aliphatic rings. The molecular weight excluding hydrogens is 445 g/mol.